The second-order valence-corrected chi connectivity index (χ2v) is 5.32. The summed E-state index contributed by atoms with van der Waals surface area (Å²) in [5.74, 6) is -0.758. The van der Waals surface area contributed by atoms with E-state index in [-0.39, 0.29) is 17.9 Å². The predicted molar refractivity (Wildman–Crippen MR) is 72.4 cm³/mol. The summed E-state index contributed by atoms with van der Waals surface area (Å²) in [6.07, 6.45) is 0.683. The molecule has 1 unspecified atom stereocenters. The van der Waals surface area contributed by atoms with Gasteiger partial charge in [0.05, 0.1) is 17.7 Å². The molecule has 0 radical (unpaired) electrons. The highest BCUT2D eigenvalue weighted by Crippen LogP contribution is 2.41. The second kappa shape index (κ2) is 4.70. The van der Waals surface area contributed by atoms with Crippen LogP contribution in [0.25, 0.3) is 0 Å². The summed E-state index contributed by atoms with van der Waals surface area (Å²) in [6, 6.07) is 0. The molecule has 22 heavy (non-hydrogen) atoms. The molecule has 2 aromatic rings. The van der Waals surface area contributed by atoms with Crippen LogP contribution in [-0.4, -0.2) is 14.2 Å². The Morgan fingerprint density at radius 2 is 2.00 bits per heavy atom. The average Bonchev–Trinajstić information content (AvgIpc) is 2.92. The van der Waals surface area contributed by atoms with E-state index in [2.05, 4.69) is 4.98 Å². The van der Waals surface area contributed by atoms with Crippen molar-refractivity contribution >= 4 is 0 Å². The summed E-state index contributed by atoms with van der Waals surface area (Å²) in [4.78, 5) is 27.0. The first-order chi connectivity index (χ1) is 10.3. The average molecular weight is 305 g/mol. The highest BCUT2D eigenvalue weighted by Gasteiger charge is 2.34. The lowest BCUT2D eigenvalue weighted by atomic mass is 10.00. The zero-order valence-electron chi connectivity index (χ0n) is 12.3. The maximum Gasteiger partial charge on any atom is 0.329 e. The molecule has 0 fully saturated rings. The normalized spacial score (nSPS) is 16.8. The molecule has 1 aliphatic heterocycles. The summed E-state index contributed by atoms with van der Waals surface area (Å²) < 4.78 is 7.26. The topological polar surface area (TPSA) is 111 Å². The van der Waals surface area contributed by atoms with E-state index in [1.165, 1.54) is 14.1 Å². The highest BCUT2D eigenvalue weighted by molar-refractivity contribution is 5.47. The number of aromatic hydroxyl groups is 1. The van der Waals surface area contributed by atoms with Gasteiger partial charge in [0.15, 0.2) is 11.9 Å². The van der Waals surface area contributed by atoms with Crippen molar-refractivity contribution in [1.82, 2.24) is 9.13 Å². The maximum atomic E-state index is 12.3. The molecule has 116 valence electrons. The second-order valence-electron chi connectivity index (χ2n) is 5.32. The van der Waals surface area contributed by atoms with Gasteiger partial charge < -0.3 is 19.5 Å². The molecule has 8 nitrogen and oxygen atoms in total. The lowest BCUT2D eigenvalue weighted by Crippen LogP contribution is -2.41. The number of rotatable bonds is 1. The van der Waals surface area contributed by atoms with Crippen LogP contribution in [0, 0.1) is 6.92 Å². The van der Waals surface area contributed by atoms with Crippen LogP contribution < -0.4 is 21.3 Å². The van der Waals surface area contributed by atoms with E-state index in [0.29, 0.717) is 16.8 Å². The zero-order valence-corrected chi connectivity index (χ0v) is 12.3. The Morgan fingerprint density at radius 3 is 2.68 bits per heavy atom. The number of aromatic amines is 1. The van der Waals surface area contributed by atoms with E-state index in [1.807, 2.05) is 0 Å². The number of fused-ring (bicyclic) bond motifs is 1. The summed E-state index contributed by atoms with van der Waals surface area (Å²) in [7, 11) is 2.60. The number of nitrogens with zero attached hydrogens (tertiary/aromatic N) is 2. The van der Waals surface area contributed by atoms with Gasteiger partial charge in [-0.1, -0.05) is 0 Å². The SMILES string of the molecule is Cc1[nH+]cc2c(c1O)C(c1c([O-])n(C)c(=O)n(C)c1=O)OC2. The quantitative estimate of drug-likeness (QED) is 0.697. The van der Waals surface area contributed by atoms with Crippen molar-refractivity contribution in [3.8, 4) is 11.6 Å². The van der Waals surface area contributed by atoms with Crippen LogP contribution in [-0.2, 0) is 25.4 Å². The Morgan fingerprint density at radius 1 is 1.32 bits per heavy atom. The number of ether oxygens (including phenoxy) is 1. The maximum absolute atomic E-state index is 12.3. The van der Waals surface area contributed by atoms with E-state index in [4.69, 9.17) is 4.74 Å². The minimum atomic E-state index is -0.985. The minimum Gasteiger partial charge on any atom is -0.860 e. The minimum absolute atomic E-state index is 0.0460. The molecule has 0 aromatic carbocycles. The molecule has 1 atom stereocenters. The number of pyridine rings is 1. The first-order valence-electron chi connectivity index (χ1n) is 6.66. The van der Waals surface area contributed by atoms with Crippen LogP contribution in [0.3, 0.4) is 0 Å². The van der Waals surface area contributed by atoms with Gasteiger partial charge in [-0.2, -0.15) is 0 Å². The lowest BCUT2D eigenvalue weighted by molar-refractivity contribution is -0.389. The van der Waals surface area contributed by atoms with Crippen LogP contribution in [0.5, 0.6) is 11.6 Å². The van der Waals surface area contributed by atoms with E-state index < -0.39 is 23.2 Å². The van der Waals surface area contributed by atoms with Gasteiger partial charge in [0.2, 0.25) is 5.69 Å². The molecule has 0 saturated carbocycles. The fourth-order valence-electron chi connectivity index (χ4n) is 2.67. The van der Waals surface area contributed by atoms with Gasteiger partial charge in [-0.15, -0.1) is 0 Å². The third-order valence-electron chi connectivity index (χ3n) is 3.99. The van der Waals surface area contributed by atoms with Crippen molar-refractivity contribution in [2.75, 3.05) is 0 Å². The molecule has 0 bridgehead atoms. The summed E-state index contributed by atoms with van der Waals surface area (Å²) in [6.45, 7) is 1.83. The Labute approximate surface area is 124 Å². The van der Waals surface area contributed by atoms with Crippen molar-refractivity contribution in [2.45, 2.75) is 19.6 Å². The lowest BCUT2D eigenvalue weighted by Gasteiger charge is -2.22. The van der Waals surface area contributed by atoms with Crippen LogP contribution in [0.1, 0.15) is 28.5 Å². The van der Waals surface area contributed by atoms with Gasteiger partial charge in [-0.3, -0.25) is 9.36 Å². The first-order valence-corrected chi connectivity index (χ1v) is 6.66. The largest absolute Gasteiger partial charge is 0.860 e. The molecule has 3 heterocycles. The fraction of sp³-hybridized carbons (Fsp3) is 0.357. The molecule has 2 N–H and O–H groups in total. The van der Waals surface area contributed by atoms with Crippen molar-refractivity contribution in [2.24, 2.45) is 14.1 Å². The van der Waals surface area contributed by atoms with Crippen LogP contribution in [0.15, 0.2) is 15.8 Å². The Hall–Kier alpha value is -2.61. The summed E-state index contributed by atoms with van der Waals surface area (Å²) in [5, 5.41) is 22.6. The zero-order chi connectivity index (χ0) is 16.2. The van der Waals surface area contributed by atoms with Gasteiger partial charge in [-0.05, 0) is 5.88 Å². The van der Waals surface area contributed by atoms with Gasteiger partial charge in [0, 0.05) is 26.6 Å². The summed E-state index contributed by atoms with van der Waals surface area (Å²) >= 11 is 0. The monoisotopic (exact) mass is 305 g/mol. The number of hydrogen-bond acceptors (Lipinski definition) is 5. The Kier molecular flexibility index (Phi) is 3.06. The molecule has 2 aromatic heterocycles. The highest BCUT2D eigenvalue weighted by atomic mass is 16.5. The molecular weight excluding hydrogens is 290 g/mol. The molecule has 1 aliphatic rings. The van der Waals surface area contributed by atoms with E-state index >= 15 is 0 Å². The van der Waals surface area contributed by atoms with Gasteiger partial charge in [-0.25, -0.2) is 9.78 Å². The van der Waals surface area contributed by atoms with E-state index in [0.717, 1.165) is 9.13 Å². The molecule has 3 rings (SSSR count). The van der Waals surface area contributed by atoms with Gasteiger partial charge in [0.1, 0.15) is 6.10 Å². The van der Waals surface area contributed by atoms with Crippen molar-refractivity contribution < 1.29 is 19.9 Å². The fourth-order valence-corrected chi connectivity index (χ4v) is 2.67. The molecule has 0 aliphatic carbocycles. The Bertz CT molecular complexity index is 897. The molecular formula is C14H15N3O5. The molecule has 0 amide bonds. The first kappa shape index (κ1) is 14.3. The predicted octanol–water partition coefficient (Wildman–Crippen LogP) is -1.39. The van der Waals surface area contributed by atoms with Gasteiger partial charge >= 0.3 is 5.69 Å². The van der Waals surface area contributed by atoms with Crippen LogP contribution in [0.4, 0.5) is 0 Å². The third-order valence-corrected chi connectivity index (χ3v) is 3.99. The number of aromatic nitrogens is 3. The van der Waals surface area contributed by atoms with Crippen molar-refractivity contribution in [3.05, 3.63) is 49.4 Å². The van der Waals surface area contributed by atoms with Crippen LogP contribution in [0.2, 0.25) is 0 Å². The van der Waals surface area contributed by atoms with Gasteiger partial charge in [0.25, 0.3) is 5.56 Å². The molecule has 0 spiro atoms. The third kappa shape index (κ3) is 1.77. The smallest absolute Gasteiger partial charge is 0.329 e. The summed E-state index contributed by atoms with van der Waals surface area (Å²) in [5.41, 5.74) is -0.0188. The molecule has 8 heteroatoms. The van der Waals surface area contributed by atoms with Crippen molar-refractivity contribution in [3.63, 3.8) is 0 Å². The van der Waals surface area contributed by atoms with Crippen LogP contribution >= 0.6 is 0 Å². The van der Waals surface area contributed by atoms with E-state index in [9.17, 15) is 19.8 Å². The molecule has 0 saturated heterocycles. The number of H-pyrrole nitrogens is 1. The Balaban J connectivity index is 2.32. The van der Waals surface area contributed by atoms with Crippen molar-refractivity contribution in [1.29, 1.82) is 0 Å². The number of hydrogen-bond donors (Lipinski definition) is 1. The van der Waals surface area contributed by atoms with E-state index in [1.54, 1.807) is 13.1 Å². The number of aryl methyl sites for hydroxylation is 1. The number of nitrogens with one attached hydrogen (secondary N) is 1. The standard InChI is InChI=1S/C14H15N3O5/c1-6-10(18)8-7(4-15-6)5-22-11(8)9-12(19)16(2)14(21)17(3)13(9)20/h4,11,18-19H,5H2,1-3H3.